The molecule has 0 radical (unpaired) electrons. The summed E-state index contributed by atoms with van der Waals surface area (Å²) in [6.45, 7) is 7.41. The Hall–Kier alpha value is -3.01. The molecule has 35 heavy (non-hydrogen) atoms. The third-order valence-corrected chi connectivity index (χ3v) is 6.95. The van der Waals surface area contributed by atoms with Crippen LogP contribution in [0.5, 0.6) is 0 Å². The standard InChI is InChI=1S/C26H32FN5O2S/c1-19-17-22(7-8-23(19)27)30-26-32(12-10-29-25(33)28-2)24(18-35-26)21-5-3-20(4-6-21)9-11-31-13-15-34-16-14-31/h3-8,17-18H,9-16H2,1-2H3,(H2,28,29,33). The zero-order valence-electron chi connectivity index (χ0n) is 20.2. The number of amides is 2. The van der Waals surface area contributed by atoms with Gasteiger partial charge in [-0.3, -0.25) is 4.90 Å². The van der Waals surface area contributed by atoms with Crippen LogP contribution < -0.4 is 15.4 Å². The van der Waals surface area contributed by atoms with E-state index >= 15 is 0 Å². The van der Waals surface area contributed by atoms with Crippen LogP contribution in [0.1, 0.15) is 11.1 Å². The lowest BCUT2D eigenvalue weighted by Gasteiger charge is -2.26. The minimum atomic E-state index is -0.243. The van der Waals surface area contributed by atoms with Crippen molar-refractivity contribution in [3.05, 3.63) is 69.6 Å². The van der Waals surface area contributed by atoms with Crippen LogP contribution in [0.3, 0.4) is 0 Å². The van der Waals surface area contributed by atoms with Crippen molar-refractivity contribution >= 4 is 23.1 Å². The van der Waals surface area contributed by atoms with E-state index in [9.17, 15) is 9.18 Å². The largest absolute Gasteiger partial charge is 0.379 e. The van der Waals surface area contributed by atoms with Crippen LogP contribution in [0.2, 0.25) is 0 Å². The Morgan fingerprint density at radius 1 is 1.14 bits per heavy atom. The zero-order valence-corrected chi connectivity index (χ0v) is 21.0. The van der Waals surface area contributed by atoms with Gasteiger partial charge in [0.1, 0.15) is 5.82 Å². The molecular weight excluding hydrogens is 465 g/mol. The maximum atomic E-state index is 13.7. The molecule has 7 nitrogen and oxygen atoms in total. The molecular formula is C26H32FN5O2S. The van der Waals surface area contributed by atoms with Gasteiger partial charge >= 0.3 is 6.03 Å². The van der Waals surface area contributed by atoms with E-state index in [0.717, 1.165) is 55.3 Å². The first-order valence-electron chi connectivity index (χ1n) is 11.9. The van der Waals surface area contributed by atoms with Gasteiger partial charge in [0, 0.05) is 45.2 Å². The Labute approximate surface area is 209 Å². The third-order valence-electron chi connectivity index (χ3n) is 6.08. The van der Waals surface area contributed by atoms with Gasteiger partial charge < -0.3 is 19.9 Å². The van der Waals surface area contributed by atoms with Crippen LogP contribution in [0.15, 0.2) is 52.8 Å². The molecule has 1 aromatic heterocycles. The van der Waals surface area contributed by atoms with E-state index in [1.54, 1.807) is 26.1 Å². The van der Waals surface area contributed by atoms with Gasteiger partial charge in [0.05, 0.1) is 24.6 Å². The number of aromatic nitrogens is 1. The fraction of sp³-hybridized carbons (Fsp3) is 0.385. The second-order valence-corrected chi connectivity index (χ2v) is 9.34. The first-order valence-corrected chi connectivity index (χ1v) is 12.8. The quantitative estimate of drug-likeness (QED) is 0.499. The summed E-state index contributed by atoms with van der Waals surface area (Å²) in [5, 5.41) is 7.50. The zero-order chi connectivity index (χ0) is 24.6. The lowest BCUT2D eigenvalue weighted by atomic mass is 10.1. The normalized spacial score (nSPS) is 14.8. The van der Waals surface area contributed by atoms with Gasteiger partial charge in [-0.1, -0.05) is 24.3 Å². The smallest absolute Gasteiger partial charge is 0.314 e. The van der Waals surface area contributed by atoms with Gasteiger partial charge in [-0.2, -0.15) is 0 Å². The van der Waals surface area contributed by atoms with Gasteiger partial charge in [-0.15, -0.1) is 11.3 Å². The Morgan fingerprint density at radius 3 is 2.63 bits per heavy atom. The molecule has 0 spiro atoms. The van der Waals surface area contributed by atoms with Crippen molar-refractivity contribution < 1.29 is 13.9 Å². The summed E-state index contributed by atoms with van der Waals surface area (Å²) in [6.07, 6.45) is 1.00. The Bertz CT molecular complexity index is 1200. The molecule has 1 fully saturated rings. The highest BCUT2D eigenvalue weighted by Crippen LogP contribution is 2.22. The van der Waals surface area contributed by atoms with Crippen molar-refractivity contribution in [2.24, 2.45) is 4.99 Å². The highest BCUT2D eigenvalue weighted by Gasteiger charge is 2.12. The molecule has 4 rings (SSSR count). The molecule has 0 bridgehead atoms. The minimum absolute atomic E-state index is 0.223. The maximum absolute atomic E-state index is 13.7. The van der Waals surface area contributed by atoms with Crippen molar-refractivity contribution in [2.45, 2.75) is 19.9 Å². The molecule has 0 saturated carbocycles. The summed E-state index contributed by atoms with van der Waals surface area (Å²) in [5.41, 5.74) is 4.68. The third kappa shape index (κ3) is 6.78. The van der Waals surface area contributed by atoms with Crippen molar-refractivity contribution in [3.63, 3.8) is 0 Å². The average molecular weight is 498 g/mol. The van der Waals surface area contributed by atoms with E-state index in [0.29, 0.717) is 24.3 Å². The molecule has 2 N–H and O–H groups in total. The van der Waals surface area contributed by atoms with Crippen LogP contribution in [0.25, 0.3) is 11.3 Å². The van der Waals surface area contributed by atoms with Gasteiger partial charge in [0.15, 0.2) is 4.80 Å². The number of ether oxygens (including phenoxy) is 1. The van der Waals surface area contributed by atoms with Crippen LogP contribution in [-0.4, -0.2) is 61.9 Å². The maximum Gasteiger partial charge on any atom is 0.314 e. The number of benzene rings is 2. The number of hydrogen-bond donors (Lipinski definition) is 2. The average Bonchev–Trinajstić information content (AvgIpc) is 3.28. The number of halogens is 1. The fourth-order valence-corrected chi connectivity index (χ4v) is 4.95. The number of nitrogens with one attached hydrogen (secondary N) is 2. The number of aryl methyl sites for hydroxylation is 1. The van der Waals surface area contributed by atoms with Gasteiger partial charge in [0.2, 0.25) is 0 Å². The topological polar surface area (TPSA) is 70.9 Å². The molecule has 2 aromatic carbocycles. The first-order chi connectivity index (χ1) is 17.0. The van der Waals surface area contributed by atoms with Gasteiger partial charge in [0.25, 0.3) is 0 Å². The molecule has 0 atom stereocenters. The molecule has 186 valence electrons. The molecule has 9 heteroatoms. The van der Waals surface area contributed by atoms with Crippen LogP contribution in [-0.2, 0) is 17.7 Å². The van der Waals surface area contributed by atoms with Crippen molar-refractivity contribution in [3.8, 4) is 11.3 Å². The monoisotopic (exact) mass is 497 g/mol. The number of thiazole rings is 1. The van der Waals surface area contributed by atoms with Crippen molar-refractivity contribution in [1.82, 2.24) is 20.1 Å². The van der Waals surface area contributed by atoms with E-state index in [1.807, 2.05) is 0 Å². The number of carbonyl (C=O) groups is 1. The summed E-state index contributed by atoms with van der Waals surface area (Å²) >= 11 is 1.53. The SMILES string of the molecule is CNC(=O)NCCn1c(-c2ccc(CCN3CCOCC3)cc2)csc1=Nc1ccc(F)c(C)c1. The van der Waals surface area contributed by atoms with Crippen molar-refractivity contribution in [1.29, 1.82) is 0 Å². The van der Waals surface area contributed by atoms with Crippen LogP contribution in [0.4, 0.5) is 14.9 Å². The molecule has 1 aliphatic heterocycles. The second kappa shape index (κ2) is 12.1. The number of hydrogen-bond acceptors (Lipinski definition) is 5. The summed E-state index contributed by atoms with van der Waals surface area (Å²) in [5.74, 6) is -0.243. The highest BCUT2D eigenvalue weighted by molar-refractivity contribution is 7.07. The number of nitrogens with zero attached hydrogens (tertiary/aromatic N) is 3. The first kappa shape index (κ1) is 25.1. The molecule has 1 aliphatic rings. The minimum Gasteiger partial charge on any atom is -0.379 e. The van der Waals surface area contributed by atoms with E-state index in [4.69, 9.17) is 9.73 Å². The summed E-state index contributed by atoms with van der Waals surface area (Å²) in [6, 6.07) is 13.3. The molecule has 0 aliphatic carbocycles. The molecule has 2 amide bonds. The van der Waals surface area contributed by atoms with Crippen LogP contribution in [0, 0.1) is 12.7 Å². The summed E-state index contributed by atoms with van der Waals surface area (Å²) < 4.78 is 21.2. The Kier molecular flexibility index (Phi) is 8.68. The molecule has 3 aromatic rings. The number of urea groups is 1. The Morgan fingerprint density at radius 2 is 1.91 bits per heavy atom. The highest BCUT2D eigenvalue weighted by atomic mass is 32.1. The lowest BCUT2D eigenvalue weighted by molar-refractivity contribution is 0.0384. The second-order valence-electron chi connectivity index (χ2n) is 8.51. The number of morpholine rings is 1. The summed E-state index contributed by atoms with van der Waals surface area (Å²) in [4.78, 5) is 19.7. The van der Waals surface area contributed by atoms with E-state index in [-0.39, 0.29) is 11.8 Å². The molecule has 0 unspecified atom stereocenters. The predicted octanol–water partition coefficient (Wildman–Crippen LogP) is 3.70. The van der Waals surface area contributed by atoms with Gasteiger partial charge in [-0.05, 0) is 48.2 Å². The van der Waals surface area contributed by atoms with Crippen molar-refractivity contribution in [2.75, 3.05) is 46.4 Å². The van der Waals surface area contributed by atoms with E-state index < -0.39 is 0 Å². The number of rotatable bonds is 8. The number of carbonyl (C=O) groups excluding carboxylic acids is 1. The van der Waals surface area contributed by atoms with Crippen LogP contribution >= 0.6 is 11.3 Å². The van der Waals surface area contributed by atoms with E-state index in [1.165, 1.54) is 23.0 Å². The summed E-state index contributed by atoms with van der Waals surface area (Å²) in [7, 11) is 1.59. The lowest BCUT2D eigenvalue weighted by Crippen LogP contribution is -2.37. The van der Waals surface area contributed by atoms with E-state index in [2.05, 4.69) is 49.7 Å². The molecule has 2 heterocycles. The fourth-order valence-electron chi connectivity index (χ4n) is 4.00. The predicted molar refractivity (Wildman–Crippen MR) is 138 cm³/mol. The van der Waals surface area contributed by atoms with Gasteiger partial charge in [-0.25, -0.2) is 14.2 Å². The molecule has 1 saturated heterocycles. The Balaban J connectivity index is 1.56.